The molecule has 24 heavy (non-hydrogen) atoms. The van der Waals surface area contributed by atoms with E-state index in [2.05, 4.69) is 4.90 Å². The molecule has 0 aromatic heterocycles. The Labute approximate surface area is 147 Å². The molecular formula is C16H25ClN2O5. The summed E-state index contributed by atoms with van der Waals surface area (Å²) in [7, 11) is 1.44. The number of ether oxygens (including phenoxy) is 1. The van der Waals surface area contributed by atoms with Crippen LogP contribution in [-0.2, 0) is 4.79 Å². The van der Waals surface area contributed by atoms with Crippen LogP contribution in [0.4, 0.5) is 5.69 Å². The molecule has 0 aliphatic rings. The van der Waals surface area contributed by atoms with E-state index in [4.69, 9.17) is 32.0 Å². The van der Waals surface area contributed by atoms with Crippen molar-refractivity contribution in [2.24, 2.45) is 0 Å². The molecule has 0 bridgehead atoms. The second kappa shape index (κ2) is 10.00. The fourth-order valence-electron chi connectivity index (χ4n) is 2.41. The van der Waals surface area contributed by atoms with Gasteiger partial charge < -0.3 is 20.7 Å². The third-order valence-electron chi connectivity index (χ3n) is 3.52. The zero-order chi connectivity index (χ0) is 19.0. The number of aliphatic carboxylic acids is 1. The number of aromatic carboxylic acids is 1. The molecule has 4 N–H and O–H groups in total. The van der Waals surface area contributed by atoms with Crippen molar-refractivity contribution in [3.63, 3.8) is 0 Å². The molecule has 0 saturated heterocycles. The number of benzene rings is 1. The molecule has 0 heterocycles. The Morgan fingerprint density at radius 2 is 1.79 bits per heavy atom. The van der Waals surface area contributed by atoms with E-state index in [0.29, 0.717) is 11.3 Å². The number of carbonyl (C=O) groups is 2. The van der Waals surface area contributed by atoms with Gasteiger partial charge in [-0.25, -0.2) is 4.79 Å². The van der Waals surface area contributed by atoms with Gasteiger partial charge in [-0.2, -0.15) is 0 Å². The molecule has 1 atom stereocenters. The molecule has 136 valence electrons. The highest BCUT2D eigenvalue weighted by Gasteiger charge is 2.26. The molecule has 1 aromatic carbocycles. The Kier molecular flexibility index (Phi) is 9.17. The number of methoxy groups -OCH3 is 1. The zero-order valence-corrected chi connectivity index (χ0v) is 15.3. The molecular weight excluding hydrogens is 336 g/mol. The van der Waals surface area contributed by atoms with E-state index in [1.165, 1.54) is 13.2 Å². The number of hydrogen-bond acceptors (Lipinski definition) is 5. The van der Waals surface area contributed by atoms with Crippen molar-refractivity contribution in [2.75, 3.05) is 25.9 Å². The number of carboxylic acid groups (broad SMARTS) is 2. The predicted octanol–water partition coefficient (Wildman–Crippen LogP) is 3.12. The lowest BCUT2D eigenvalue weighted by Gasteiger charge is -2.29. The van der Waals surface area contributed by atoms with Gasteiger partial charge in [-0.05, 0) is 26.1 Å². The highest BCUT2D eigenvalue weighted by Crippen LogP contribution is 2.40. The van der Waals surface area contributed by atoms with Crippen LogP contribution in [0.15, 0.2) is 6.07 Å². The van der Waals surface area contributed by atoms with E-state index in [1.54, 1.807) is 0 Å². The minimum absolute atomic E-state index is 0.0284. The molecule has 0 aliphatic carbocycles. The van der Waals surface area contributed by atoms with Crippen LogP contribution in [0, 0.1) is 0 Å². The highest BCUT2D eigenvalue weighted by molar-refractivity contribution is 6.33. The standard InChI is InChI=1S/C14H21ClN2O3.C2H4O2/c1-5-17(6-2)8(3)11-12(16)10(15)7-9(14(18)19)13(11)20-4;1-2(3)4/h7-8H,5-6,16H2,1-4H3,(H,18,19);1H3,(H,3,4). The summed E-state index contributed by atoms with van der Waals surface area (Å²) in [6, 6.07) is 1.24. The number of hydrogen-bond donors (Lipinski definition) is 3. The minimum atomic E-state index is -1.09. The van der Waals surface area contributed by atoms with Crippen molar-refractivity contribution in [1.82, 2.24) is 4.90 Å². The van der Waals surface area contributed by atoms with E-state index in [-0.39, 0.29) is 22.4 Å². The lowest BCUT2D eigenvalue weighted by molar-refractivity contribution is -0.134. The maximum Gasteiger partial charge on any atom is 0.339 e. The Bertz CT molecular complexity index is 584. The summed E-state index contributed by atoms with van der Waals surface area (Å²) in [6.07, 6.45) is 0. The van der Waals surface area contributed by atoms with E-state index >= 15 is 0 Å². The van der Waals surface area contributed by atoms with Crippen molar-refractivity contribution in [3.8, 4) is 5.75 Å². The summed E-state index contributed by atoms with van der Waals surface area (Å²) in [5.41, 5.74) is 7.07. The van der Waals surface area contributed by atoms with Gasteiger partial charge in [0.15, 0.2) is 0 Å². The van der Waals surface area contributed by atoms with Gasteiger partial charge >= 0.3 is 5.97 Å². The van der Waals surface area contributed by atoms with Gasteiger partial charge in [0.2, 0.25) is 0 Å². The average Bonchev–Trinajstić information content (AvgIpc) is 2.49. The normalized spacial score (nSPS) is 11.5. The van der Waals surface area contributed by atoms with Crippen LogP contribution in [0.25, 0.3) is 0 Å². The van der Waals surface area contributed by atoms with Crippen LogP contribution in [0.5, 0.6) is 5.75 Å². The topological polar surface area (TPSA) is 113 Å². The van der Waals surface area contributed by atoms with Crippen molar-refractivity contribution >= 4 is 29.2 Å². The summed E-state index contributed by atoms with van der Waals surface area (Å²) >= 11 is 6.06. The summed E-state index contributed by atoms with van der Waals surface area (Å²) in [5, 5.41) is 16.9. The summed E-state index contributed by atoms with van der Waals surface area (Å²) in [6.45, 7) is 8.74. The first-order valence-corrected chi connectivity index (χ1v) is 7.82. The molecule has 0 fully saturated rings. The molecule has 7 nitrogen and oxygen atoms in total. The lowest BCUT2D eigenvalue weighted by Crippen LogP contribution is -2.28. The van der Waals surface area contributed by atoms with Crippen molar-refractivity contribution in [2.45, 2.75) is 33.7 Å². The maximum absolute atomic E-state index is 11.3. The van der Waals surface area contributed by atoms with Gasteiger partial charge in [-0.3, -0.25) is 9.69 Å². The van der Waals surface area contributed by atoms with E-state index < -0.39 is 11.9 Å². The Balaban J connectivity index is 0.00000118. The van der Waals surface area contributed by atoms with E-state index in [9.17, 15) is 9.90 Å². The molecule has 1 aromatic rings. The third-order valence-corrected chi connectivity index (χ3v) is 3.83. The Morgan fingerprint density at radius 1 is 1.33 bits per heavy atom. The summed E-state index contributed by atoms with van der Waals surface area (Å²) in [5.74, 6) is -1.64. The third kappa shape index (κ3) is 5.58. The molecule has 0 amide bonds. The van der Waals surface area contributed by atoms with Gasteiger partial charge in [0.25, 0.3) is 5.97 Å². The van der Waals surface area contributed by atoms with Gasteiger partial charge in [0.1, 0.15) is 11.3 Å². The fourth-order valence-corrected chi connectivity index (χ4v) is 2.62. The highest BCUT2D eigenvalue weighted by atomic mass is 35.5. The first-order chi connectivity index (χ1) is 11.1. The molecule has 1 rings (SSSR count). The van der Waals surface area contributed by atoms with Crippen molar-refractivity contribution in [1.29, 1.82) is 0 Å². The van der Waals surface area contributed by atoms with Crippen LogP contribution in [0.1, 0.15) is 49.7 Å². The minimum Gasteiger partial charge on any atom is -0.495 e. The zero-order valence-electron chi connectivity index (χ0n) is 14.6. The number of halogens is 1. The fraction of sp³-hybridized carbons (Fsp3) is 0.500. The second-order valence-electron chi connectivity index (χ2n) is 4.99. The molecule has 1 unspecified atom stereocenters. The Hall–Kier alpha value is -1.99. The predicted molar refractivity (Wildman–Crippen MR) is 94.0 cm³/mol. The Morgan fingerprint density at radius 3 is 2.12 bits per heavy atom. The van der Waals surface area contributed by atoms with Crippen LogP contribution in [-0.4, -0.2) is 47.3 Å². The average molecular weight is 361 g/mol. The largest absolute Gasteiger partial charge is 0.495 e. The van der Waals surface area contributed by atoms with Crippen LogP contribution < -0.4 is 10.5 Å². The lowest BCUT2D eigenvalue weighted by atomic mass is 9.99. The van der Waals surface area contributed by atoms with Crippen LogP contribution >= 0.6 is 11.6 Å². The van der Waals surface area contributed by atoms with Crippen LogP contribution in [0.3, 0.4) is 0 Å². The second-order valence-corrected chi connectivity index (χ2v) is 5.40. The van der Waals surface area contributed by atoms with Gasteiger partial charge in [0.05, 0.1) is 17.8 Å². The SMILES string of the molecule is CC(=O)O.CCN(CC)C(C)c1c(N)c(Cl)cc(C(=O)O)c1OC. The van der Waals surface area contributed by atoms with E-state index in [1.807, 2.05) is 20.8 Å². The molecule has 0 radical (unpaired) electrons. The van der Waals surface area contributed by atoms with Gasteiger partial charge in [-0.1, -0.05) is 25.4 Å². The first kappa shape index (κ1) is 22.0. The first-order valence-electron chi connectivity index (χ1n) is 7.44. The maximum atomic E-state index is 11.3. The number of nitrogen functional groups attached to an aromatic ring is 1. The number of nitrogens with two attached hydrogens (primary N) is 1. The monoisotopic (exact) mass is 360 g/mol. The molecule has 0 aliphatic heterocycles. The molecule has 0 spiro atoms. The smallest absolute Gasteiger partial charge is 0.339 e. The quantitative estimate of drug-likeness (QED) is 0.668. The molecule has 8 heteroatoms. The number of carboxylic acids is 2. The van der Waals surface area contributed by atoms with Crippen molar-refractivity contribution < 1.29 is 24.5 Å². The summed E-state index contributed by atoms with van der Waals surface area (Å²) in [4.78, 5) is 22.5. The number of rotatable bonds is 6. The van der Waals surface area contributed by atoms with Crippen LogP contribution in [0.2, 0.25) is 5.02 Å². The van der Waals surface area contributed by atoms with Gasteiger partial charge in [0, 0.05) is 18.5 Å². The van der Waals surface area contributed by atoms with Crippen molar-refractivity contribution in [3.05, 3.63) is 22.2 Å². The van der Waals surface area contributed by atoms with E-state index in [0.717, 1.165) is 20.0 Å². The molecule has 0 saturated carbocycles. The summed E-state index contributed by atoms with van der Waals surface area (Å²) < 4.78 is 5.29. The number of anilines is 1. The van der Waals surface area contributed by atoms with Gasteiger partial charge in [-0.15, -0.1) is 0 Å². The number of nitrogens with zero attached hydrogens (tertiary/aromatic N) is 1.